The summed E-state index contributed by atoms with van der Waals surface area (Å²) in [6, 6.07) is 17.0. The van der Waals surface area contributed by atoms with Crippen molar-refractivity contribution in [1.82, 2.24) is 0 Å². The number of anilines is 1. The van der Waals surface area contributed by atoms with E-state index < -0.39 is 5.82 Å². The van der Waals surface area contributed by atoms with E-state index in [1.165, 1.54) is 25.3 Å². The van der Waals surface area contributed by atoms with Gasteiger partial charge in [0.05, 0.1) is 13.5 Å². The number of carbonyl (C=O) groups is 1. The van der Waals surface area contributed by atoms with Gasteiger partial charge in [-0.2, -0.15) is 0 Å². The molecule has 3 aromatic carbocycles. The van der Waals surface area contributed by atoms with Crippen molar-refractivity contribution < 1.29 is 18.7 Å². The van der Waals surface area contributed by atoms with E-state index in [1.807, 2.05) is 24.3 Å². The van der Waals surface area contributed by atoms with Crippen molar-refractivity contribution in [3.63, 3.8) is 0 Å². The molecular weight excluding hydrogens is 461 g/mol. The molecule has 3 aromatic rings. The average molecular weight is 479 g/mol. The highest BCUT2D eigenvalue weighted by atomic mass is 79.9. The molecule has 0 aromatic heterocycles. The predicted molar refractivity (Wildman–Crippen MR) is 115 cm³/mol. The Morgan fingerprint density at radius 2 is 1.90 bits per heavy atom. The van der Waals surface area contributed by atoms with Crippen LogP contribution in [-0.4, -0.2) is 13.0 Å². The van der Waals surface area contributed by atoms with E-state index in [-0.39, 0.29) is 24.7 Å². The maximum absolute atomic E-state index is 13.5. The SMILES string of the molecule is COc1cc(OCc2ccc(NC(=O)Cc3ccccc3Cl)cc2Br)ccc1F. The number of carbonyl (C=O) groups excluding carboxylic acids is 1. The van der Waals surface area contributed by atoms with Gasteiger partial charge >= 0.3 is 0 Å². The number of rotatable bonds is 7. The van der Waals surface area contributed by atoms with Crippen molar-refractivity contribution in [2.75, 3.05) is 12.4 Å². The summed E-state index contributed by atoms with van der Waals surface area (Å²) in [5.74, 6) is 0.00994. The fourth-order valence-electron chi connectivity index (χ4n) is 2.65. The third kappa shape index (κ3) is 5.71. The summed E-state index contributed by atoms with van der Waals surface area (Å²) in [5.41, 5.74) is 2.30. The van der Waals surface area contributed by atoms with Crippen LogP contribution in [0.2, 0.25) is 5.02 Å². The Labute approximate surface area is 181 Å². The van der Waals surface area contributed by atoms with E-state index in [0.717, 1.165) is 15.6 Å². The predicted octanol–water partition coefficient (Wildman–Crippen LogP) is 6.01. The van der Waals surface area contributed by atoms with Gasteiger partial charge in [0.1, 0.15) is 12.4 Å². The van der Waals surface area contributed by atoms with Crippen LogP contribution in [0.1, 0.15) is 11.1 Å². The van der Waals surface area contributed by atoms with Crippen LogP contribution >= 0.6 is 27.5 Å². The molecule has 0 fully saturated rings. The number of amides is 1. The van der Waals surface area contributed by atoms with Gasteiger partial charge < -0.3 is 14.8 Å². The number of nitrogens with one attached hydrogen (secondary N) is 1. The topological polar surface area (TPSA) is 47.6 Å². The smallest absolute Gasteiger partial charge is 0.228 e. The Morgan fingerprint density at radius 1 is 1.10 bits per heavy atom. The first-order valence-corrected chi connectivity index (χ1v) is 9.91. The van der Waals surface area contributed by atoms with E-state index in [9.17, 15) is 9.18 Å². The molecule has 0 saturated carbocycles. The molecule has 0 bridgehead atoms. The molecule has 0 aliphatic carbocycles. The maximum Gasteiger partial charge on any atom is 0.228 e. The van der Waals surface area contributed by atoms with Crippen LogP contribution in [0, 0.1) is 5.82 Å². The lowest BCUT2D eigenvalue weighted by Gasteiger charge is -2.12. The van der Waals surface area contributed by atoms with Crippen molar-refractivity contribution >= 4 is 39.1 Å². The molecule has 29 heavy (non-hydrogen) atoms. The van der Waals surface area contributed by atoms with Gasteiger partial charge in [-0.3, -0.25) is 4.79 Å². The molecule has 0 saturated heterocycles. The molecule has 0 unspecified atom stereocenters. The maximum atomic E-state index is 13.5. The van der Waals surface area contributed by atoms with Gasteiger partial charge in [0, 0.05) is 26.8 Å². The molecule has 0 atom stereocenters. The van der Waals surface area contributed by atoms with Crippen LogP contribution in [-0.2, 0) is 17.8 Å². The second-order valence-electron chi connectivity index (χ2n) is 6.21. The van der Waals surface area contributed by atoms with Crippen molar-refractivity contribution in [2.45, 2.75) is 13.0 Å². The summed E-state index contributed by atoms with van der Waals surface area (Å²) in [4.78, 5) is 12.3. The Morgan fingerprint density at radius 3 is 2.62 bits per heavy atom. The Balaban J connectivity index is 1.61. The Bertz CT molecular complexity index is 1030. The first-order valence-electron chi connectivity index (χ1n) is 8.74. The molecule has 0 aliphatic rings. The van der Waals surface area contributed by atoms with Gasteiger partial charge in [-0.25, -0.2) is 4.39 Å². The van der Waals surface area contributed by atoms with E-state index in [0.29, 0.717) is 16.5 Å². The highest BCUT2D eigenvalue weighted by Gasteiger charge is 2.10. The van der Waals surface area contributed by atoms with Crippen LogP contribution in [0.5, 0.6) is 11.5 Å². The van der Waals surface area contributed by atoms with Gasteiger partial charge in [0.25, 0.3) is 0 Å². The van der Waals surface area contributed by atoms with Crippen LogP contribution in [0.15, 0.2) is 65.1 Å². The van der Waals surface area contributed by atoms with Gasteiger partial charge in [-0.15, -0.1) is 0 Å². The normalized spacial score (nSPS) is 10.5. The second kappa shape index (κ2) is 9.76. The lowest BCUT2D eigenvalue weighted by molar-refractivity contribution is -0.115. The summed E-state index contributed by atoms with van der Waals surface area (Å²) in [6.45, 7) is 0.267. The lowest BCUT2D eigenvalue weighted by atomic mass is 10.1. The minimum Gasteiger partial charge on any atom is -0.494 e. The lowest BCUT2D eigenvalue weighted by Crippen LogP contribution is -2.14. The van der Waals surface area contributed by atoms with Crippen LogP contribution in [0.4, 0.5) is 10.1 Å². The van der Waals surface area contributed by atoms with Crippen LogP contribution in [0.25, 0.3) is 0 Å². The fourth-order valence-corrected chi connectivity index (χ4v) is 3.35. The van der Waals surface area contributed by atoms with Gasteiger partial charge in [-0.05, 0) is 35.9 Å². The molecule has 0 aliphatic heterocycles. The minimum absolute atomic E-state index is 0.123. The van der Waals surface area contributed by atoms with E-state index in [2.05, 4.69) is 21.2 Å². The third-order valence-electron chi connectivity index (χ3n) is 4.16. The number of benzene rings is 3. The highest BCUT2D eigenvalue weighted by molar-refractivity contribution is 9.10. The van der Waals surface area contributed by atoms with Crippen molar-refractivity contribution in [3.8, 4) is 11.5 Å². The first-order chi connectivity index (χ1) is 14.0. The molecule has 0 heterocycles. The molecule has 3 rings (SSSR count). The van der Waals surface area contributed by atoms with Gasteiger partial charge in [0.2, 0.25) is 5.91 Å². The molecule has 4 nitrogen and oxygen atoms in total. The van der Waals surface area contributed by atoms with Crippen molar-refractivity contribution in [2.24, 2.45) is 0 Å². The molecule has 150 valence electrons. The standard InChI is InChI=1S/C22H18BrClFNO3/c1-28-21-12-17(8-9-20(21)25)29-13-15-6-7-16(11-18(15)23)26-22(27)10-14-4-2-3-5-19(14)24/h2-9,11-12H,10,13H2,1H3,(H,26,27). The molecule has 1 amide bonds. The second-order valence-corrected chi connectivity index (χ2v) is 7.47. The number of hydrogen-bond donors (Lipinski definition) is 1. The van der Waals surface area contributed by atoms with Crippen molar-refractivity contribution in [3.05, 3.63) is 87.1 Å². The largest absolute Gasteiger partial charge is 0.494 e. The zero-order chi connectivity index (χ0) is 20.8. The Kier molecular flexibility index (Phi) is 7.12. The molecule has 0 spiro atoms. The summed E-state index contributed by atoms with van der Waals surface area (Å²) in [6.07, 6.45) is 0.189. The summed E-state index contributed by atoms with van der Waals surface area (Å²) in [7, 11) is 1.40. The Hall–Kier alpha value is -2.57. The minimum atomic E-state index is -0.446. The van der Waals surface area contributed by atoms with E-state index in [4.69, 9.17) is 21.1 Å². The molecule has 7 heteroatoms. The third-order valence-corrected chi connectivity index (χ3v) is 5.27. The quantitative estimate of drug-likeness (QED) is 0.452. The summed E-state index contributed by atoms with van der Waals surface area (Å²) >= 11 is 9.59. The van der Waals surface area contributed by atoms with Gasteiger partial charge in [-0.1, -0.05) is 51.8 Å². The first kappa shape index (κ1) is 21.1. The number of methoxy groups -OCH3 is 1. The van der Waals surface area contributed by atoms with Crippen molar-refractivity contribution in [1.29, 1.82) is 0 Å². The number of ether oxygens (including phenoxy) is 2. The molecule has 1 N–H and O–H groups in total. The van der Waals surface area contributed by atoms with Gasteiger partial charge in [0.15, 0.2) is 11.6 Å². The average Bonchev–Trinajstić information content (AvgIpc) is 2.70. The van der Waals surface area contributed by atoms with Crippen LogP contribution < -0.4 is 14.8 Å². The monoisotopic (exact) mass is 477 g/mol. The van der Waals surface area contributed by atoms with E-state index >= 15 is 0 Å². The number of halogens is 3. The van der Waals surface area contributed by atoms with E-state index in [1.54, 1.807) is 18.2 Å². The molecule has 0 radical (unpaired) electrons. The summed E-state index contributed by atoms with van der Waals surface area (Å²) in [5, 5.41) is 3.42. The zero-order valence-corrected chi connectivity index (χ0v) is 17.9. The highest BCUT2D eigenvalue weighted by Crippen LogP contribution is 2.26. The number of hydrogen-bond acceptors (Lipinski definition) is 3. The zero-order valence-electron chi connectivity index (χ0n) is 15.5. The summed E-state index contributed by atoms with van der Waals surface area (Å²) < 4.78 is 24.9. The fraction of sp³-hybridized carbons (Fsp3) is 0.136. The molecular formula is C22H18BrClFNO3. The van der Waals surface area contributed by atoms with Crippen LogP contribution in [0.3, 0.4) is 0 Å².